The van der Waals surface area contributed by atoms with Crippen molar-refractivity contribution < 1.29 is 4.43 Å². The second-order valence-electron chi connectivity index (χ2n) is 8.23. The molecule has 0 unspecified atom stereocenters. The van der Waals surface area contributed by atoms with Gasteiger partial charge in [-0.05, 0) is 24.6 Å². The predicted octanol–water partition coefficient (Wildman–Crippen LogP) is 8.24. The summed E-state index contributed by atoms with van der Waals surface area (Å²) >= 11 is 0. The van der Waals surface area contributed by atoms with Gasteiger partial charge in [0.15, 0.2) is 8.32 Å². The van der Waals surface area contributed by atoms with Crippen molar-refractivity contribution in [2.24, 2.45) is 0 Å². The third-order valence-corrected chi connectivity index (χ3v) is 10.5. The van der Waals surface area contributed by atoms with Crippen LogP contribution < -0.4 is 0 Å². The molecular weight excluding hydrogens is 308 g/mol. The molecule has 24 heavy (non-hydrogen) atoms. The van der Waals surface area contributed by atoms with Crippen LogP contribution in [-0.4, -0.2) is 14.9 Å². The van der Waals surface area contributed by atoms with Crippen LogP contribution in [0.25, 0.3) is 0 Å². The predicted molar refractivity (Wildman–Crippen MR) is 111 cm³/mol. The SMILES string of the molecule is CCCCCCCCC[Si]1(CCCCCCCCC)CCCCO1. The number of hydrogen-bond acceptors (Lipinski definition) is 1. The number of rotatable bonds is 16. The molecular formula is C22H46OSi. The lowest BCUT2D eigenvalue weighted by atomic mass is 10.1. The van der Waals surface area contributed by atoms with Crippen LogP contribution in [0.4, 0.5) is 0 Å². The Morgan fingerprint density at radius 3 is 1.46 bits per heavy atom. The highest BCUT2D eigenvalue weighted by molar-refractivity contribution is 6.73. The monoisotopic (exact) mass is 354 g/mol. The highest BCUT2D eigenvalue weighted by Gasteiger charge is 2.35. The summed E-state index contributed by atoms with van der Waals surface area (Å²) in [6.45, 7) is 5.69. The van der Waals surface area contributed by atoms with Gasteiger partial charge in [-0.25, -0.2) is 0 Å². The topological polar surface area (TPSA) is 9.23 Å². The zero-order valence-corrected chi connectivity index (χ0v) is 18.1. The van der Waals surface area contributed by atoms with E-state index in [0.29, 0.717) is 0 Å². The third kappa shape index (κ3) is 10.9. The Morgan fingerprint density at radius 2 is 1.04 bits per heavy atom. The van der Waals surface area contributed by atoms with Gasteiger partial charge in [0.25, 0.3) is 0 Å². The molecule has 0 radical (unpaired) electrons. The first-order valence-electron chi connectivity index (χ1n) is 11.5. The normalized spacial score (nSPS) is 17.2. The van der Waals surface area contributed by atoms with Crippen LogP contribution in [0.5, 0.6) is 0 Å². The zero-order chi connectivity index (χ0) is 17.3. The van der Waals surface area contributed by atoms with Gasteiger partial charge >= 0.3 is 0 Å². The Morgan fingerprint density at radius 1 is 0.583 bits per heavy atom. The van der Waals surface area contributed by atoms with E-state index in [0.717, 1.165) is 6.61 Å². The molecule has 0 bridgehead atoms. The van der Waals surface area contributed by atoms with Crippen LogP contribution in [-0.2, 0) is 4.43 Å². The Kier molecular flexibility index (Phi) is 14.3. The highest BCUT2D eigenvalue weighted by Crippen LogP contribution is 2.33. The summed E-state index contributed by atoms with van der Waals surface area (Å²) in [5, 5.41) is 0. The molecule has 0 N–H and O–H groups in total. The van der Waals surface area contributed by atoms with E-state index >= 15 is 0 Å². The number of hydrogen-bond donors (Lipinski definition) is 0. The van der Waals surface area contributed by atoms with Gasteiger partial charge in [0.1, 0.15) is 0 Å². The molecule has 1 nitrogen and oxygen atoms in total. The molecule has 1 aliphatic heterocycles. The average molecular weight is 355 g/mol. The van der Waals surface area contributed by atoms with Crippen LogP contribution in [0, 0.1) is 0 Å². The molecule has 0 aromatic rings. The average Bonchev–Trinajstić information content (AvgIpc) is 2.61. The maximum absolute atomic E-state index is 6.49. The number of unbranched alkanes of at least 4 members (excludes halogenated alkanes) is 12. The van der Waals surface area contributed by atoms with E-state index in [1.165, 1.54) is 121 Å². The summed E-state index contributed by atoms with van der Waals surface area (Å²) in [7, 11) is -1.33. The third-order valence-electron chi connectivity index (χ3n) is 5.91. The van der Waals surface area contributed by atoms with Gasteiger partial charge in [0.2, 0.25) is 0 Å². The molecule has 1 fully saturated rings. The fourth-order valence-corrected chi connectivity index (χ4v) is 8.68. The van der Waals surface area contributed by atoms with Crippen molar-refractivity contribution in [2.75, 3.05) is 6.61 Å². The lowest BCUT2D eigenvalue weighted by Crippen LogP contribution is -2.41. The molecule has 1 aliphatic rings. The van der Waals surface area contributed by atoms with E-state index in [4.69, 9.17) is 4.43 Å². The van der Waals surface area contributed by atoms with E-state index in [2.05, 4.69) is 13.8 Å². The standard InChI is InChI=1S/C22H46OSi/c1-3-5-7-9-11-13-16-20-24(22-18-15-19-23-24)21-17-14-12-10-8-6-4-2/h3-22H2,1-2H3. The lowest BCUT2D eigenvalue weighted by Gasteiger charge is -2.35. The van der Waals surface area contributed by atoms with E-state index in [1.807, 2.05) is 0 Å². The van der Waals surface area contributed by atoms with Crippen molar-refractivity contribution in [3.8, 4) is 0 Å². The van der Waals surface area contributed by atoms with Crippen molar-refractivity contribution in [1.29, 1.82) is 0 Å². The van der Waals surface area contributed by atoms with Crippen LogP contribution >= 0.6 is 0 Å². The Labute approximate surface area is 154 Å². The van der Waals surface area contributed by atoms with Crippen LogP contribution in [0.2, 0.25) is 18.1 Å². The van der Waals surface area contributed by atoms with Crippen molar-refractivity contribution in [2.45, 2.75) is 135 Å². The lowest BCUT2D eigenvalue weighted by molar-refractivity contribution is 0.263. The van der Waals surface area contributed by atoms with E-state index in [9.17, 15) is 0 Å². The summed E-state index contributed by atoms with van der Waals surface area (Å²) < 4.78 is 6.49. The van der Waals surface area contributed by atoms with Gasteiger partial charge in [0.05, 0.1) is 0 Å². The maximum Gasteiger partial charge on any atom is 0.192 e. The molecule has 0 aromatic heterocycles. The summed E-state index contributed by atoms with van der Waals surface area (Å²) in [6, 6.07) is 4.41. The van der Waals surface area contributed by atoms with Crippen molar-refractivity contribution >= 4 is 8.32 Å². The Bertz CT molecular complexity index is 241. The summed E-state index contributed by atoms with van der Waals surface area (Å²) in [5.74, 6) is 0. The second-order valence-corrected chi connectivity index (χ2v) is 12.4. The maximum atomic E-state index is 6.49. The molecule has 0 atom stereocenters. The first kappa shape index (κ1) is 22.2. The molecule has 1 rings (SSSR count). The van der Waals surface area contributed by atoms with E-state index < -0.39 is 8.32 Å². The second kappa shape index (κ2) is 15.4. The van der Waals surface area contributed by atoms with Gasteiger partial charge in [-0.2, -0.15) is 0 Å². The molecule has 1 saturated heterocycles. The van der Waals surface area contributed by atoms with Gasteiger partial charge in [0, 0.05) is 6.61 Å². The Hall–Kier alpha value is 0.177. The van der Waals surface area contributed by atoms with Crippen LogP contribution in [0.1, 0.15) is 117 Å². The van der Waals surface area contributed by atoms with Crippen molar-refractivity contribution in [1.82, 2.24) is 0 Å². The molecule has 2 heteroatoms. The van der Waals surface area contributed by atoms with Gasteiger partial charge in [-0.1, -0.05) is 110 Å². The minimum Gasteiger partial charge on any atom is -0.417 e. The smallest absolute Gasteiger partial charge is 0.192 e. The fourth-order valence-electron chi connectivity index (χ4n) is 4.24. The van der Waals surface area contributed by atoms with Crippen LogP contribution in [0.3, 0.4) is 0 Å². The first-order chi connectivity index (χ1) is 11.8. The molecule has 0 saturated carbocycles. The fraction of sp³-hybridized carbons (Fsp3) is 1.00. The molecule has 0 amide bonds. The van der Waals surface area contributed by atoms with Crippen molar-refractivity contribution in [3.63, 3.8) is 0 Å². The molecule has 0 aromatic carbocycles. The minimum absolute atomic E-state index is 1.08. The summed E-state index contributed by atoms with van der Waals surface area (Å²) in [5.41, 5.74) is 0. The molecule has 144 valence electrons. The van der Waals surface area contributed by atoms with Gasteiger partial charge < -0.3 is 4.43 Å². The molecule has 0 aliphatic carbocycles. The van der Waals surface area contributed by atoms with E-state index in [-0.39, 0.29) is 0 Å². The highest BCUT2D eigenvalue weighted by atomic mass is 28.4. The minimum atomic E-state index is -1.33. The van der Waals surface area contributed by atoms with Gasteiger partial charge in [-0.3, -0.25) is 0 Å². The zero-order valence-electron chi connectivity index (χ0n) is 17.1. The quantitative estimate of drug-likeness (QED) is 0.200. The van der Waals surface area contributed by atoms with Crippen LogP contribution in [0.15, 0.2) is 0 Å². The largest absolute Gasteiger partial charge is 0.417 e. The van der Waals surface area contributed by atoms with Gasteiger partial charge in [-0.15, -0.1) is 0 Å². The van der Waals surface area contributed by atoms with Crippen molar-refractivity contribution in [3.05, 3.63) is 0 Å². The Balaban J connectivity index is 2.12. The summed E-state index contributed by atoms with van der Waals surface area (Å²) in [4.78, 5) is 0. The summed E-state index contributed by atoms with van der Waals surface area (Å²) in [6.07, 6.45) is 22.9. The van der Waals surface area contributed by atoms with E-state index in [1.54, 1.807) is 0 Å². The molecule has 1 heterocycles. The first-order valence-corrected chi connectivity index (χ1v) is 14.0. The molecule has 0 spiro atoms.